The smallest absolute Gasteiger partial charge is 0.387 e. The van der Waals surface area contributed by atoms with Crippen LogP contribution in [-0.2, 0) is 26.0 Å². The Labute approximate surface area is 319 Å². The van der Waals surface area contributed by atoms with Crippen molar-refractivity contribution in [1.29, 1.82) is 0 Å². The second-order valence-corrected chi connectivity index (χ2v) is 16.8. The van der Waals surface area contributed by atoms with Gasteiger partial charge in [0.1, 0.15) is 22.7 Å². The highest BCUT2D eigenvalue weighted by atomic mass is 35.5. The van der Waals surface area contributed by atoms with Gasteiger partial charge in [0.15, 0.2) is 23.9 Å². The molecule has 284 valence electrons. The van der Waals surface area contributed by atoms with Gasteiger partial charge in [-0.15, -0.1) is 0 Å². The molecule has 1 atom stereocenters. The second-order valence-electron chi connectivity index (χ2n) is 12.9. The molecule has 2 aliphatic heterocycles. The molecule has 1 N–H and O–H groups in total. The number of esters is 1. The molecule has 3 aromatic rings. The van der Waals surface area contributed by atoms with Gasteiger partial charge in [0.05, 0.1) is 29.7 Å². The fraction of sp³-hybridized carbons (Fsp3) is 0.429. The van der Waals surface area contributed by atoms with E-state index in [0.29, 0.717) is 17.7 Å². The Kier molecular flexibility index (Phi) is 12.3. The standard InChI is InChI=1S/C35H36Cl2F2N4O8S2/c1-53(47,48)43(9-8-41-10-12-52-13-11-41)23-5-6-24-25(15-23)34(46)42(33(24)45)19-32(44)50-30(16-26-27(36)17-40-18-28(26)37)22-4-7-29(51-35(38)39)31(14-22)49-20-21-2-3-21/h4-7,14-15,17-18,21,30,35H,2-3,8-13,16,19-20H2,1H3/p+1/t30-/m0/s1. The number of carbonyl (C=O) groups excluding carboxylic acids is 3. The predicted molar refractivity (Wildman–Crippen MR) is 195 cm³/mol. The number of hydrogen-bond acceptors (Lipinski definition) is 10. The van der Waals surface area contributed by atoms with Crippen molar-refractivity contribution in [3.8, 4) is 11.5 Å². The van der Waals surface area contributed by atoms with Crippen molar-refractivity contribution in [1.82, 2.24) is 9.80 Å². The maximum absolute atomic E-state index is 13.6. The number of rotatable bonds is 16. The third-order valence-electron chi connectivity index (χ3n) is 9.04. The number of pyridine rings is 1. The number of ether oxygens (including phenoxy) is 3. The number of H-pyrrole nitrogens is 1. The molecule has 0 unspecified atom stereocenters. The van der Waals surface area contributed by atoms with E-state index < -0.39 is 47.1 Å². The van der Waals surface area contributed by atoms with Crippen molar-refractivity contribution in [2.45, 2.75) is 32.0 Å². The first kappa shape index (κ1) is 39.0. The van der Waals surface area contributed by atoms with Crippen LogP contribution in [0, 0.1) is 5.92 Å². The fourth-order valence-corrected chi connectivity index (χ4v) is 8.47. The number of hydrogen-bond donors (Lipinski definition) is 0. The summed E-state index contributed by atoms with van der Waals surface area (Å²) in [6.45, 7) is -1.29. The van der Waals surface area contributed by atoms with Gasteiger partial charge in [-0.2, -0.15) is 20.5 Å². The van der Waals surface area contributed by atoms with Crippen molar-refractivity contribution in [3.05, 3.63) is 81.1 Å². The zero-order valence-corrected chi connectivity index (χ0v) is 31.7. The van der Waals surface area contributed by atoms with Gasteiger partial charge in [0, 0.05) is 49.7 Å². The summed E-state index contributed by atoms with van der Waals surface area (Å²) in [5, 5.41) is 0.464. The summed E-state index contributed by atoms with van der Waals surface area (Å²) in [5.41, 5.74) is 0.904. The summed E-state index contributed by atoms with van der Waals surface area (Å²) >= 11 is 14.7. The van der Waals surface area contributed by atoms with Crippen LogP contribution in [0.15, 0.2) is 48.8 Å². The van der Waals surface area contributed by atoms with E-state index in [-0.39, 0.29) is 63.8 Å². The fourth-order valence-electron chi connectivity index (χ4n) is 6.05. The molecule has 1 saturated heterocycles. The molecular formula is C35H37Cl2F2N4O8S2+. The molecule has 0 spiro atoms. The van der Waals surface area contributed by atoms with Crippen LogP contribution in [0.1, 0.15) is 50.8 Å². The van der Waals surface area contributed by atoms with Gasteiger partial charge in [0.2, 0.25) is 10.0 Å². The lowest BCUT2D eigenvalue weighted by atomic mass is 10.0. The van der Waals surface area contributed by atoms with E-state index in [1.807, 2.05) is 11.8 Å². The number of fused-ring (bicyclic) bond motifs is 1. The number of halogens is 4. The molecule has 12 nitrogen and oxygen atoms in total. The van der Waals surface area contributed by atoms with Crippen molar-refractivity contribution >= 4 is 68.5 Å². The van der Waals surface area contributed by atoms with Crippen molar-refractivity contribution in [2.24, 2.45) is 5.92 Å². The summed E-state index contributed by atoms with van der Waals surface area (Å²) in [6.07, 6.45) is 4.73. The SMILES string of the molecule is CS(=O)(=O)N(CCN1CCSCC1)c1ccc2c(c1)C(=O)N(CC(=O)O[C@@H](Cc1c(Cl)c[nH+]cc1Cl)c1ccc(OC(F)F)c(OCC3CC3)c1)C2=O. The topological polar surface area (TPSA) is 137 Å². The van der Waals surface area contributed by atoms with Crippen molar-refractivity contribution < 1.29 is 50.8 Å². The molecule has 3 aliphatic rings. The lowest BCUT2D eigenvalue weighted by Crippen LogP contribution is -2.41. The molecule has 2 aromatic carbocycles. The first-order valence-electron chi connectivity index (χ1n) is 16.8. The van der Waals surface area contributed by atoms with Gasteiger partial charge in [-0.05, 0) is 54.7 Å². The average molecular weight is 815 g/mol. The Balaban J connectivity index is 1.22. The zero-order valence-electron chi connectivity index (χ0n) is 28.6. The van der Waals surface area contributed by atoms with Gasteiger partial charge in [0.25, 0.3) is 11.8 Å². The number of nitrogens with one attached hydrogen (secondary N) is 1. The normalized spacial score (nSPS) is 16.8. The monoisotopic (exact) mass is 813 g/mol. The van der Waals surface area contributed by atoms with Crippen LogP contribution >= 0.6 is 35.0 Å². The van der Waals surface area contributed by atoms with Gasteiger partial charge in [-0.1, -0.05) is 29.3 Å². The number of thioether (sulfide) groups is 1. The summed E-state index contributed by atoms with van der Waals surface area (Å²) in [5.74, 6) is -0.504. The van der Waals surface area contributed by atoms with Gasteiger partial charge >= 0.3 is 12.6 Å². The molecule has 2 amide bonds. The van der Waals surface area contributed by atoms with E-state index in [2.05, 4.69) is 14.6 Å². The number of amides is 2. The third-order valence-corrected chi connectivity index (χ3v) is 11.9. The van der Waals surface area contributed by atoms with E-state index in [1.165, 1.54) is 53.1 Å². The van der Waals surface area contributed by atoms with Crippen LogP contribution in [0.4, 0.5) is 14.5 Å². The van der Waals surface area contributed by atoms with Crippen molar-refractivity contribution in [2.75, 3.05) is 61.4 Å². The average Bonchev–Trinajstić information content (AvgIpc) is 3.92. The van der Waals surface area contributed by atoms with E-state index >= 15 is 0 Å². The highest BCUT2D eigenvalue weighted by Gasteiger charge is 2.39. The number of aromatic amines is 1. The lowest BCUT2D eigenvalue weighted by molar-refractivity contribution is -0.377. The maximum Gasteiger partial charge on any atom is 0.387 e. The maximum atomic E-state index is 13.6. The van der Waals surface area contributed by atoms with Crippen LogP contribution in [0.2, 0.25) is 10.0 Å². The number of sulfonamides is 1. The number of carbonyl (C=O) groups is 3. The minimum atomic E-state index is -3.75. The van der Waals surface area contributed by atoms with Gasteiger partial charge in [-0.3, -0.25) is 28.5 Å². The summed E-state index contributed by atoms with van der Waals surface area (Å²) in [4.78, 5) is 46.3. The molecule has 2 fully saturated rings. The Hall–Kier alpha value is -3.70. The largest absolute Gasteiger partial charge is 0.489 e. The summed E-state index contributed by atoms with van der Waals surface area (Å²) < 4.78 is 69.6. The number of benzene rings is 2. The second kappa shape index (κ2) is 16.8. The zero-order chi connectivity index (χ0) is 37.9. The number of nitrogens with zero attached hydrogens (tertiary/aromatic N) is 3. The Morgan fingerprint density at radius 2 is 1.72 bits per heavy atom. The van der Waals surface area contributed by atoms with Crippen LogP contribution in [0.5, 0.6) is 11.5 Å². The quantitative estimate of drug-likeness (QED) is 0.141. The molecule has 1 aromatic heterocycles. The molecule has 0 radical (unpaired) electrons. The van der Waals surface area contributed by atoms with Crippen LogP contribution in [0.3, 0.4) is 0 Å². The number of aromatic nitrogens is 1. The van der Waals surface area contributed by atoms with Crippen molar-refractivity contribution in [3.63, 3.8) is 0 Å². The number of anilines is 1. The highest BCUT2D eigenvalue weighted by molar-refractivity contribution is 7.99. The lowest BCUT2D eigenvalue weighted by Gasteiger charge is -2.30. The first-order chi connectivity index (χ1) is 25.3. The van der Waals surface area contributed by atoms with E-state index in [9.17, 15) is 31.6 Å². The molecule has 53 heavy (non-hydrogen) atoms. The molecule has 1 saturated carbocycles. The van der Waals surface area contributed by atoms with Gasteiger partial charge in [-0.25, -0.2) is 13.4 Å². The minimum Gasteiger partial charge on any atom is -0.489 e. The third kappa shape index (κ3) is 9.70. The van der Waals surface area contributed by atoms with Gasteiger partial charge < -0.3 is 14.2 Å². The van der Waals surface area contributed by atoms with Crippen LogP contribution in [-0.4, -0.2) is 99.7 Å². The molecule has 0 bridgehead atoms. The number of imide groups is 1. The van der Waals surface area contributed by atoms with Crippen LogP contribution < -0.4 is 18.8 Å². The molecule has 1 aliphatic carbocycles. The predicted octanol–water partition coefficient (Wildman–Crippen LogP) is 5.14. The molecule has 18 heteroatoms. The molecular weight excluding hydrogens is 777 g/mol. The summed E-state index contributed by atoms with van der Waals surface area (Å²) in [7, 11) is -3.75. The Morgan fingerprint density at radius 1 is 1.02 bits per heavy atom. The Bertz CT molecular complexity index is 1960. The first-order valence-corrected chi connectivity index (χ1v) is 20.6. The van der Waals surface area contributed by atoms with Crippen LogP contribution in [0.25, 0.3) is 0 Å². The van der Waals surface area contributed by atoms with E-state index in [4.69, 9.17) is 32.7 Å². The summed E-state index contributed by atoms with van der Waals surface area (Å²) in [6, 6.07) is 8.31. The highest BCUT2D eigenvalue weighted by Crippen LogP contribution is 2.38. The molecule has 6 rings (SSSR count). The number of alkyl halides is 2. The van der Waals surface area contributed by atoms with E-state index in [1.54, 1.807) is 0 Å². The minimum absolute atomic E-state index is 0.00998. The van der Waals surface area contributed by atoms with E-state index in [0.717, 1.165) is 48.6 Å². The Morgan fingerprint density at radius 3 is 2.38 bits per heavy atom. The molecule has 3 heterocycles.